The summed E-state index contributed by atoms with van der Waals surface area (Å²) in [4.78, 5) is 21.9. The van der Waals surface area contributed by atoms with Gasteiger partial charge in [-0.3, -0.25) is 4.79 Å². The summed E-state index contributed by atoms with van der Waals surface area (Å²) >= 11 is 0. The maximum Gasteiger partial charge on any atom is 0.336 e. The van der Waals surface area contributed by atoms with E-state index in [9.17, 15) is 13.8 Å². The SMILES string of the molecule is CCNC(=O)N1C(=O)C=CS1=O. The van der Waals surface area contributed by atoms with Gasteiger partial charge in [-0.2, -0.15) is 4.31 Å². The van der Waals surface area contributed by atoms with Crippen LogP contribution in [0.1, 0.15) is 6.92 Å². The van der Waals surface area contributed by atoms with Gasteiger partial charge >= 0.3 is 6.03 Å². The van der Waals surface area contributed by atoms with E-state index in [-0.39, 0.29) is 0 Å². The normalized spacial score (nSPS) is 21.6. The fraction of sp³-hybridized carbons (Fsp3) is 0.333. The Morgan fingerprint density at radius 1 is 1.75 bits per heavy atom. The molecule has 1 aliphatic rings. The number of carbonyl (C=O) groups is 2. The van der Waals surface area contributed by atoms with E-state index >= 15 is 0 Å². The van der Waals surface area contributed by atoms with Crippen molar-refractivity contribution in [3.8, 4) is 0 Å². The molecule has 0 radical (unpaired) electrons. The van der Waals surface area contributed by atoms with Crippen molar-refractivity contribution in [2.24, 2.45) is 0 Å². The maximum absolute atomic E-state index is 11.0. The lowest BCUT2D eigenvalue weighted by Crippen LogP contribution is -2.41. The summed E-state index contributed by atoms with van der Waals surface area (Å²) in [5.74, 6) is -0.542. The van der Waals surface area contributed by atoms with Crippen molar-refractivity contribution >= 4 is 22.9 Å². The first-order chi connectivity index (χ1) is 5.66. The van der Waals surface area contributed by atoms with Crippen LogP contribution < -0.4 is 5.32 Å². The number of imide groups is 1. The molecule has 3 amide bonds. The third kappa shape index (κ3) is 1.53. The van der Waals surface area contributed by atoms with Crippen LogP contribution in [0.25, 0.3) is 0 Å². The van der Waals surface area contributed by atoms with Crippen molar-refractivity contribution in [3.05, 3.63) is 11.5 Å². The average Bonchev–Trinajstić information content (AvgIpc) is 2.32. The molecule has 1 atom stereocenters. The summed E-state index contributed by atoms with van der Waals surface area (Å²) in [6, 6.07) is -0.620. The first kappa shape index (κ1) is 8.92. The highest BCUT2D eigenvalue weighted by Gasteiger charge is 2.28. The van der Waals surface area contributed by atoms with Crippen LogP contribution in [0.3, 0.4) is 0 Å². The van der Waals surface area contributed by atoms with Crippen LogP contribution in [-0.2, 0) is 15.8 Å². The number of hydrogen-bond acceptors (Lipinski definition) is 3. The summed E-state index contributed by atoms with van der Waals surface area (Å²) in [5, 5.41) is 3.56. The van der Waals surface area contributed by atoms with Gasteiger partial charge < -0.3 is 5.32 Å². The van der Waals surface area contributed by atoms with Crippen LogP contribution in [0.4, 0.5) is 4.79 Å². The second kappa shape index (κ2) is 3.48. The number of nitrogens with one attached hydrogen (secondary N) is 1. The molecular weight excluding hydrogens is 180 g/mol. The van der Waals surface area contributed by atoms with Crippen LogP contribution in [0.2, 0.25) is 0 Å². The Bertz CT molecular complexity index is 256. The average molecular weight is 188 g/mol. The molecule has 1 N–H and O–H groups in total. The fourth-order valence-corrected chi connectivity index (χ4v) is 1.56. The highest BCUT2D eigenvalue weighted by molar-refractivity contribution is 7.87. The topological polar surface area (TPSA) is 66.5 Å². The summed E-state index contributed by atoms with van der Waals surface area (Å²) < 4.78 is 11.6. The lowest BCUT2D eigenvalue weighted by atomic mass is 10.6. The largest absolute Gasteiger partial charge is 0.337 e. The van der Waals surface area contributed by atoms with E-state index in [1.165, 1.54) is 5.41 Å². The third-order valence-electron chi connectivity index (χ3n) is 1.22. The smallest absolute Gasteiger partial charge is 0.336 e. The molecule has 1 aliphatic heterocycles. The Balaban J connectivity index is 2.70. The van der Waals surface area contributed by atoms with Crippen molar-refractivity contribution in [2.45, 2.75) is 6.92 Å². The van der Waals surface area contributed by atoms with Gasteiger partial charge in [-0.15, -0.1) is 0 Å². The Labute approximate surface area is 72.0 Å². The van der Waals surface area contributed by atoms with Crippen LogP contribution in [0, 0.1) is 0 Å². The molecule has 0 spiro atoms. The molecule has 12 heavy (non-hydrogen) atoms. The van der Waals surface area contributed by atoms with Gasteiger partial charge in [0.2, 0.25) is 0 Å². The van der Waals surface area contributed by atoms with Gasteiger partial charge in [0.25, 0.3) is 5.91 Å². The molecule has 5 nitrogen and oxygen atoms in total. The van der Waals surface area contributed by atoms with E-state index in [1.807, 2.05) is 0 Å². The minimum Gasteiger partial charge on any atom is -0.337 e. The molecule has 0 aliphatic carbocycles. The second-order valence-electron chi connectivity index (χ2n) is 2.05. The van der Waals surface area contributed by atoms with Gasteiger partial charge in [-0.25, -0.2) is 9.00 Å². The molecule has 0 saturated heterocycles. The Morgan fingerprint density at radius 3 is 2.83 bits per heavy atom. The monoisotopic (exact) mass is 188 g/mol. The first-order valence-corrected chi connectivity index (χ1v) is 4.54. The van der Waals surface area contributed by atoms with Gasteiger partial charge in [0.1, 0.15) is 0 Å². The lowest BCUT2D eigenvalue weighted by molar-refractivity contribution is -0.119. The Kier molecular flexibility index (Phi) is 2.59. The molecule has 1 heterocycles. The minimum absolute atomic E-state index is 0.403. The van der Waals surface area contributed by atoms with Crippen LogP contribution in [0.15, 0.2) is 11.5 Å². The summed E-state index contributed by atoms with van der Waals surface area (Å²) in [7, 11) is -1.63. The lowest BCUT2D eigenvalue weighted by Gasteiger charge is -2.11. The number of urea groups is 1. The van der Waals surface area contributed by atoms with Crippen molar-refractivity contribution in [1.29, 1.82) is 0 Å². The number of hydrogen-bond donors (Lipinski definition) is 1. The van der Waals surface area contributed by atoms with Gasteiger partial charge in [-0.05, 0) is 6.92 Å². The van der Waals surface area contributed by atoms with Crippen molar-refractivity contribution in [1.82, 2.24) is 9.62 Å². The van der Waals surface area contributed by atoms with Crippen molar-refractivity contribution in [3.63, 3.8) is 0 Å². The molecule has 0 fully saturated rings. The summed E-state index contributed by atoms with van der Waals surface area (Å²) in [6.45, 7) is 2.12. The zero-order chi connectivity index (χ0) is 9.14. The molecule has 1 rings (SSSR count). The molecule has 6 heteroatoms. The second-order valence-corrected chi connectivity index (χ2v) is 3.24. The zero-order valence-electron chi connectivity index (χ0n) is 6.44. The van der Waals surface area contributed by atoms with E-state index in [1.54, 1.807) is 6.92 Å². The molecule has 0 aromatic heterocycles. The summed E-state index contributed by atoms with van der Waals surface area (Å²) in [5.41, 5.74) is 0. The van der Waals surface area contributed by atoms with Crippen LogP contribution in [0.5, 0.6) is 0 Å². The predicted octanol–water partition coefficient (Wildman–Crippen LogP) is -0.264. The molecule has 0 saturated carbocycles. The van der Waals surface area contributed by atoms with Crippen molar-refractivity contribution < 1.29 is 13.8 Å². The van der Waals surface area contributed by atoms with Gasteiger partial charge in [0.15, 0.2) is 11.0 Å². The zero-order valence-corrected chi connectivity index (χ0v) is 7.26. The van der Waals surface area contributed by atoms with Crippen LogP contribution in [-0.4, -0.2) is 27.0 Å². The highest BCUT2D eigenvalue weighted by Crippen LogP contribution is 2.07. The van der Waals surface area contributed by atoms with Gasteiger partial charge in [0, 0.05) is 18.0 Å². The molecule has 0 aromatic rings. The van der Waals surface area contributed by atoms with E-state index in [4.69, 9.17) is 0 Å². The summed E-state index contributed by atoms with van der Waals surface area (Å²) in [6.07, 6.45) is 1.12. The number of nitrogens with zero attached hydrogens (tertiary/aromatic N) is 1. The molecule has 0 aromatic carbocycles. The fourth-order valence-electron chi connectivity index (χ4n) is 0.738. The van der Waals surface area contributed by atoms with E-state index < -0.39 is 22.9 Å². The Morgan fingerprint density at radius 2 is 2.42 bits per heavy atom. The highest BCUT2D eigenvalue weighted by atomic mass is 32.2. The number of carbonyl (C=O) groups excluding carboxylic acids is 2. The predicted molar refractivity (Wildman–Crippen MR) is 43.2 cm³/mol. The van der Waals surface area contributed by atoms with E-state index in [0.29, 0.717) is 10.8 Å². The van der Waals surface area contributed by atoms with E-state index in [0.717, 1.165) is 6.08 Å². The molecule has 0 bridgehead atoms. The van der Waals surface area contributed by atoms with E-state index in [2.05, 4.69) is 5.32 Å². The quantitative estimate of drug-likeness (QED) is 0.616. The van der Waals surface area contributed by atoms with Gasteiger partial charge in [0.05, 0.1) is 0 Å². The standard InChI is InChI=1S/C6H8N2O3S/c1-2-7-6(10)8-5(9)3-4-12(8)11/h3-4H,2H2,1H3,(H,7,10). The first-order valence-electron chi connectivity index (χ1n) is 3.37. The van der Waals surface area contributed by atoms with Gasteiger partial charge in [-0.1, -0.05) is 0 Å². The maximum atomic E-state index is 11.0. The molecule has 66 valence electrons. The van der Waals surface area contributed by atoms with Crippen LogP contribution >= 0.6 is 0 Å². The molecular formula is C6H8N2O3S. The minimum atomic E-state index is -1.63. The third-order valence-corrected chi connectivity index (χ3v) is 2.29. The number of amides is 3. The molecule has 1 unspecified atom stereocenters. The van der Waals surface area contributed by atoms with Crippen molar-refractivity contribution in [2.75, 3.05) is 6.54 Å². The number of rotatable bonds is 1. The Hall–Kier alpha value is -1.17.